The van der Waals surface area contributed by atoms with Crippen molar-refractivity contribution in [2.24, 2.45) is 0 Å². The van der Waals surface area contributed by atoms with Crippen LogP contribution in [-0.2, 0) is 4.79 Å². The topological polar surface area (TPSA) is 69.6 Å². The molecule has 0 aromatic heterocycles. The fourth-order valence-corrected chi connectivity index (χ4v) is 1.64. The van der Waals surface area contributed by atoms with Crippen LogP contribution < -0.4 is 5.32 Å². The average Bonchev–Trinajstić information content (AvgIpc) is 2.30. The summed E-state index contributed by atoms with van der Waals surface area (Å²) < 4.78 is 0. The van der Waals surface area contributed by atoms with Crippen LogP contribution in [0.2, 0.25) is 0 Å². The number of thioether (sulfide) groups is 1. The zero-order valence-electron chi connectivity index (χ0n) is 10.1. The molecule has 0 radical (unpaired) electrons. The molecule has 0 aliphatic carbocycles. The summed E-state index contributed by atoms with van der Waals surface area (Å²) in [5.41, 5.74) is 0. The molecule has 0 aromatic carbocycles. The molecule has 0 spiro atoms. The molecule has 0 fully saturated rings. The zero-order chi connectivity index (χ0) is 13.3. The van der Waals surface area contributed by atoms with E-state index in [0.29, 0.717) is 18.7 Å². The van der Waals surface area contributed by atoms with Crippen LogP contribution in [0.25, 0.3) is 0 Å². The molecule has 0 bridgehead atoms. The number of aliphatic carboxylic acids is 1. The quantitative estimate of drug-likeness (QED) is 0.664. The third-order valence-corrected chi connectivity index (χ3v) is 2.80. The van der Waals surface area contributed by atoms with Crippen LogP contribution in [0.1, 0.15) is 13.3 Å². The summed E-state index contributed by atoms with van der Waals surface area (Å²) in [7, 11) is 0. The minimum Gasteiger partial charge on any atom is -0.480 e. The Morgan fingerprint density at radius 3 is 2.65 bits per heavy atom. The van der Waals surface area contributed by atoms with Gasteiger partial charge in [-0.15, -0.1) is 6.42 Å². The number of hydrogen-bond acceptors (Lipinski definition) is 3. The highest BCUT2D eigenvalue weighted by Crippen LogP contribution is 2.02. The van der Waals surface area contributed by atoms with Crippen molar-refractivity contribution in [3.63, 3.8) is 0 Å². The molecule has 0 aliphatic heterocycles. The Bertz CT molecular complexity index is 302. The molecule has 1 atom stereocenters. The highest BCUT2D eigenvalue weighted by atomic mass is 32.2. The maximum Gasteiger partial charge on any atom is 0.326 e. The second kappa shape index (κ2) is 8.76. The van der Waals surface area contributed by atoms with Gasteiger partial charge in [0.25, 0.3) is 0 Å². The molecular formula is C11H18N2O3S. The van der Waals surface area contributed by atoms with Crippen LogP contribution in [-0.4, -0.2) is 53.1 Å². The largest absolute Gasteiger partial charge is 0.480 e. The van der Waals surface area contributed by atoms with E-state index in [1.807, 2.05) is 6.26 Å². The number of hydrogen-bond donors (Lipinski definition) is 2. The van der Waals surface area contributed by atoms with Gasteiger partial charge in [-0.1, -0.05) is 5.92 Å². The molecule has 0 saturated carbocycles. The molecule has 0 heterocycles. The van der Waals surface area contributed by atoms with Gasteiger partial charge < -0.3 is 15.3 Å². The molecule has 0 rings (SSSR count). The number of nitrogens with zero attached hydrogens (tertiary/aromatic N) is 1. The van der Waals surface area contributed by atoms with Gasteiger partial charge in [-0.05, 0) is 25.4 Å². The van der Waals surface area contributed by atoms with E-state index in [1.165, 1.54) is 16.7 Å². The van der Waals surface area contributed by atoms with E-state index in [0.717, 1.165) is 0 Å². The predicted molar refractivity (Wildman–Crippen MR) is 69.0 cm³/mol. The first-order valence-corrected chi connectivity index (χ1v) is 6.66. The van der Waals surface area contributed by atoms with E-state index >= 15 is 0 Å². The van der Waals surface area contributed by atoms with Gasteiger partial charge in [0.2, 0.25) is 0 Å². The van der Waals surface area contributed by atoms with Crippen LogP contribution >= 0.6 is 11.8 Å². The van der Waals surface area contributed by atoms with E-state index in [1.54, 1.807) is 6.92 Å². The minimum atomic E-state index is -1.02. The lowest BCUT2D eigenvalue weighted by Crippen LogP contribution is -2.48. The second-order valence-corrected chi connectivity index (χ2v) is 4.33. The van der Waals surface area contributed by atoms with E-state index < -0.39 is 18.0 Å². The van der Waals surface area contributed by atoms with E-state index in [9.17, 15) is 9.59 Å². The van der Waals surface area contributed by atoms with Gasteiger partial charge in [0, 0.05) is 6.54 Å². The van der Waals surface area contributed by atoms with Gasteiger partial charge in [0.1, 0.15) is 6.04 Å². The Morgan fingerprint density at radius 2 is 2.24 bits per heavy atom. The number of urea groups is 1. The van der Waals surface area contributed by atoms with Crippen LogP contribution in [0.15, 0.2) is 0 Å². The third kappa shape index (κ3) is 6.07. The Labute approximate surface area is 106 Å². The second-order valence-electron chi connectivity index (χ2n) is 3.34. The van der Waals surface area contributed by atoms with Crippen molar-refractivity contribution in [2.45, 2.75) is 19.4 Å². The van der Waals surface area contributed by atoms with Crippen molar-refractivity contribution in [1.82, 2.24) is 10.2 Å². The van der Waals surface area contributed by atoms with Crippen molar-refractivity contribution in [3.05, 3.63) is 0 Å². The Morgan fingerprint density at radius 1 is 1.59 bits per heavy atom. The highest BCUT2D eigenvalue weighted by Gasteiger charge is 2.21. The Hall–Kier alpha value is -1.35. The average molecular weight is 258 g/mol. The summed E-state index contributed by atoms with van der Waals surface area (Å²) in [6, 6.07) is -1.29. The molecular weight excluding hydrogens is 240 g/mol. The summed E-state index contributed by atoms with van der Waals surface area (Å²) in [6.07, 6.45) is 7.41. The lowest BCUT2D eigenvalue weighted by atomic mass is 10.2. The third-order valence-electron chi connectivity index (χ3n) is 2.16. The molecule has 17 heavy (non-hydrogen) atoms. The Balaban J connectivity index is 4.38. The summed E-state index contributed by atoms with van der Waals surface area (Å²) in [6.45, 7) is 2.41. The molecule has 0 aliphatic rings. The van der Waals surface area contributed by atoms with Crippen LogP contribution in [0.3, 0.4) is 0 Å². The maximum atomic E-state index is 11.7. The Kier molecular flexibility index (Phi) is 8.07. The van der Waals surface area contributed by atoms with Crippen molar-refractivity contribution in [2.75, 3.05) is 25.1 Å². The molecule has 0 aromatic rings. The standard InChI is InChI=1S/C11H18N2O3S/c1-4-7-13(5-2)11(16)12-9(10(14)15)6-8-17-3/h1,9H,5-8H2,2-3H3,(H,12,16)(H,14,15). The molecule has 0 saturated heterocycles. The van der Waals surface area contributed by atoms with Crippen molar-refractivity contribution >= 4 is 23.8 Å². The van der Waals surface area contributed by atoms with E-state index in [4.69, 9.17) is 11.5 Å². The van der Waals surface area contributed by atoms with Crippen LogP contribution in [0, 0.1) is 12.3 Å². The number of carboxylic acid groups (broad SMARTS) is 1. The number of carboxylic acids is 1. The summed E-state index contributed by atoms with van der Waals surface area (Å²) in [5, 5.41) is 11.4. The monoisotopic (exact) mass is 258 g/mol. The van der Waals surface area contributed by atoms with Crippen molar-refractivity contribution in [1.29, 1.82) is 0 Å². The number of carbonyl (C=O) groups is 2. The number of rotatable bonds is 7. The minimum absolute atomic E-state index is 0.178. The van der Waals surface area contributed by atoms with Gasteiger partial charge in [0.15, 0.2) is 0 Å². The fraction of sp³-hybridized carbons (Fsp3) is 0.636. The fourth-order valence-electron chi connectivity index (χ4n) is 1.17. The predicted octanol–water partition coefficient (Wildman–Crippen LogP) is 0.857. The van der Waals surface area contributed by atoms with E-state index in [-0.39, 0.29) is 6.54 Å². The molecule has 2 amide bonds. The summed E-state index contributed by atoms with van der Waals surface area (Å²) >= 11 is 1.54. The molecule has 96 valence electrons. The van der Waals surface area contributed by atoms with Crippen molar-refractivity contribution in [3.8, 4) is 12.3 Å². The molecule has 2 N–H and O–H groups in total. The SMILES string of the molecule is C#CCN(CC)C(=O)NC(CCSC)C(=O)O. The molecule has 6 heteroatoms. The van der Waals surface area contributed by atoms with Crippen LogP contribution in [0.4, 0.5) is 4.79 Å². The van der Waals surface area contributed by atoms with Gasteiger partial charge in [-0.25, -0.2) is 9.59 Å². The number of amides is 2. The maximum absolute atomic E-state index is 11.7. The summed E-state index contributed by atoms with van der Waals surface area (Å²) in [4.78, 5) is 24.0. The van der Waals surface area contributed by atoms with Crippen LogP contribution in [0.5, 0.6) is 0 Å². The first-order valence-electron chi connectivity index (χ1n) is 5.27. The van der Waals surface area contributed by atoms with E-state index in [2.05, 4.69) is 11.2 Å². The molecule has 5 nitrogen and oxygen atoms in total. The highest BCUT2D eigenvalue weighted by molar-refractivity contribution is 7.98. The zero-order valence-corrected chi connectivity index (χ0v) is 10.9. The lowest BCUT2D eigenvalue weighted by molar-refractivity contribution is -0.139. The number of terminal acetylenes is 1. The van der Waals surface area contributed by atoms with Gasteiger partial charge in [0.05, 0.1) is 6.54 Å². The first-order chi connectivity index (χ1) is 8.06. The van der Waals surface area contributed by atoms with Gasteiger partial charge >= 0.3 is 12.0 Å². The lowest BCUT2D eigenvalue weighted by Gasteiger charge is -2.21. The van der Waals surface area contributed by atoms with Gasteiger partial charge in [-0.2, -0.15) is 11.8 Å². The first kappa shape index (κ1) is 15.7. The smallest absolute Gasteiger partial charge is 0.326 e. The van der Waals surface area contributed by atoms with Gasteiger partial charge in [-0.3, -0.25) is 0 Å². The number of nitrogens with one attached hydrogen (secondary N) is 1. The summed E-state index contributed by atoms with van der Waals surface area (Å²) in [5.74, 6) is 2.01. The number of carbonyl (C=O) groups excluding carboxylic acids is 1. The molecule has 1 unspecified atom stereocenters. The van der Waals surface area contributed by atoms with Crippen molar-refractivity contribution < 1.29 is 14.7 Å². The normalized spacial score (nSPS) is 11.4.